The van der Waals surface area contributed by atoms with Crippen molar-refractivity contribution in [3.8, 4) is 0 Å². The maximum atomic E-state index is 13.3. The molecule has 0 radical (unpaired) electrons. The molecule has 0 bridgehead atoms. The number of nitrogens with one attached hydrogen (secondary N) is 1. The van der Waals surface area contributed by atoms with Gasteiger partial charge in [0.1, 0.15) is 0 Å². The molecule has 9 heteroatoms. The van der Waals surface area contributed by atoms with Crippen LogP contribution in [0.1, 0.15) is 32.6 Å². The summed E-state index contributed by atoms with van der Waals surface area (Å²) in [6.07, 6.45) is 7.19. The van der Waals surface area contributed by atoms with E-state index in [4.69, 9.17) is 0 Å². The standard InChI is InChI=1S/C18H27N5O3S/c1-2-27(25,26)22-12-15-18(13-22,16(24)21-11-14-5-6-14)7-3-10-23(15)17-19-8-4-9-20-17/h4,8-9,14-15H,2-3,5-7,10-13H2,1H3,(H,21,24)/t15-,18-/m1/s1. The van der Waals surface area contributed by atoms with Gasteiger partial charge in [-0.1, -0.05) is 0 Å². The summed E-state index contributed by atoms with van der Waals surface area (Å²) < 4.78 is 26.6. The first-order valence-corrected chi connectivity index (χ1v) is 11.4. The summed E-state index contributed by atoms with van der Waals surface area (Å²) in [6, 6.07) is 1.51. The number of aromatic nitrogens is 2. The molecular weight excluding hydrogens is 366 g/mol. The van der Waals surface area contributed by atoms with Crippen molar-refractivity contribution in [3.63, 3.8) is 0 Å². The maximum absolute atomic E-state index is 13.3. The smallest absolute Gasteiger partial charge is 0.229 e. The minimum atomic E-state index is -3.37. The number of carbonyl (C=O) groups is 1. The lowest BCUT2D eigenvalue weighted by molar-refractivity contribution is -0.132. The van der Waals surface area contributed by atoms with Crippen molar-refractivity contribution in [3.05, 3.63) is 18.5 Å². The van der Waals surface area contributed by atoms with E-state index in [0.717, 1.165) is 25.8 Å². The summed E-state index contributed by atoms with van der Waals surface area (Å²) in [4.78, 5) is 24.0. The molecule has 27 heavy (non-hydrogen) atoms. The van der Waals surface area contributed by atoms with Crippen LogP contribution in [0.15, 0.2) is 18.5 Å². The molecule has 8 nitrogen and oxygen atoms in total. The number of carbonyl (C=O) groups excluding carboxylic acids is 1. The SMILES string of the molecule is CCS(=O)(=O)N1C[C@H]2N(c3ncccn3)CCC[C@@]2(C(=O)NCC2CC2)C1. The van der Waals surface area contributed by atoms with Crippen molar-refractivity contribution >= 4 is 21.9 Å². The minimum Gasteiger partial charge on any atom is -0.355 e. The highest BCUT2D eigenvalue weighted by molar-refractivity contribution is 7.89. The molecule has 4 rings (SSSR count). The molecule has 2 atom stereocenters. The number of rotatable bonds is 6. The number of anilines is 1. The second-order valence-electron chi connectivity index (χ2n) is 7.86. The van der Waals surface area contributed by atoms with Gasteiger partial charge in [0.05, 0.1) is 17.2 Å². The summed E-state index contributed by atoms with van der Waals surface area (Å²) in [5, 5.41) is 3.11. The predicted molar refractivity (Wildman–Crippen MR) is 102 cm³/mol. The van der Waals surface area contributed by atoms with Gasteiger partial charge in [0, 0.05) is 38.6 Å². The zero-order valence-electron chi connectivity index (χ0n) is 15.7. The molecule has 1 amide bonds. The van der Waals surface area contributed by atoms with Gasteiger partial charge in [-0.25, -0.2) is 18.4 Å². The first-order chi connectivity index (χ1) is 13.0. The van der Waals surface area contributed by atoms with Crippen LogP contribution >= 0.6 is 0 Å². The molecule has 148 valence electrons. The molecule has 1 aromatic heterocycles. The molecule has 0 unspecified atom stereocenters. The summed E-state index contributed by atoms with van der Waals surface area (Å²) >= 11 is 0. The first kappa shape index (κ1) is 18.6. The van der Waals surface area contributed by atoms with Gasteiger partial charge in [-0.15, -0.1) is 0 Å². The van der Waals surface area contributed by atoms with E-state index in [1.165, 1.54) is 4.31 Å². The molecule has 1 aliphatic carbocycles. The van der Waals surface area contributed by atoms with Gasteiger partial charge in [0.25, 0.3) is 0 Å². The molecule has 1 aromatic rings. The molecule has 1 saturated carbocycles. The fraction of sp³-hybridized carbons (Fsp3) is 0.722. The van der Waals surface area contributed by atoms with Crippen molar-refractivity contribution in [2.45, 2.75) is 38.6 Å². The van der Waals surface area contributed by atoms with E-state index >= 15 is 0 Å². The molecule has 3 aliphatic rings. The molecule has 0 aromatic carbocycles. The van der Waals surface area contributed by atoms with Gasteiger partial charge < -0.3 is 10.2 Å². The van der Waals surface area contributed by atoms with Crippen LogP contribution < -0.4 is 10.2 Å². The Morgan fingerprint density at radius 3 is 2.74 bits per heavy atom. The Hall–Kier alpha value is -1.74. The van der Waals surface area contributed by atoms with Gasteiger partial charge >= 0.3 is 0 Å². The number of hydrogen-bond donors (Lipinski definition) is 1. The van der Waals surface area contributed by atoms with E-state index in [0.29, 0.717) is 31.4 Å². The van der Waals surface area contributed by atoms with E-state index in [2.05, 4.69) is 15.3 Å². The predicted octanol–water partition coefficient (Wildman–Crippen LogP) is 0.623. The molecule has 1 N–H and O–H groups in total. The zero-order valence-corrected chi connectivity index (χ0v) is 16.5. The normalized spacial score (nSPS) is 28.8. The van der Waals surface area contributed by atoms with E-state index < -0.39 is 15.4 Å². The van der Waals surface area contributed by atoms with Crippen molar-refractivity contribution in [1.82, 2.24) is 19.6 Å². The van der Waals surface area contributed by atoms with Crippen molar-refractivity contribution < 1.29 is 13.2 Å². The van der Waals surface area contributed by atoms with Crippen LogP contribution in [0.5, 0.6) is 0 Å². The van der Waals surface area contributed by atoms with Gasteiger partial charge in [-0.05, 0) is 44.6 Å². The third-order valence-corrected chi connectivity index (χ3v) is 7.93. The Balaban J connectivity index is 1.66. The average molecular weight is 394 g/mol. The second-order valence-corrected chi connectivity index (χ2v) is 10.1. The Morgan fingerprint density at radius 1 is 1.33 bits per heavy atom. The fourth-order valence-corrected chi connectivity index (χ4v) is 5.52. The van der Waals surface area contributed by atoms with Crippen molar-refractivity contribution in [1.29, 1.82) is 0 Å². The van der Waals surface area contributed by atoms with Crippen molar-refractivity contribution in [2.24, 2.45) is 11.3 Å². The van der Waals surface area contributed by atoms with Crippen LogP contribution in [0.3, 0.4) is 0 Å². The third kappa shape index (κ3) is 3.42. The molecule has 3 heterocycles. The molecule has 2 aliphatic heterocycles. The monoisotopic (exact) mass is 393 g/mol. The maximum Gasteiger partial charge on any atom is 0.229 e. The van der Waals surface area contributed by atoms with Crippen molar-refractivity contribution in [2.75, 3.05) is 36.8 Å². The fourth-order valence-electron chi connectivity index (χ4n) is 4.36. The van der Waals surface area contributed by atoms with Crippen LogP contribution in [0.25, 0.3) is 0 Å². The summed E-state index contributed by atoms with van der Waals surface area (Å²) in [7, 11) is -3.37. The molecular formula is C18H27N5O3S. The highest BCUT2D eigenvalue weighted by atomic mass is 32.2. The Labute approximate surface area is 160 Å². The number of nitrogens with zero attached hydrogens (tertiary/aromatic N) is 4. The van der Waals surface area contributed by atoms with Crippen LogP contribution in [0, 0.1) is 11.3 Å². The first-order valence-electron chi connectivity index (χ1n) is 9.76. The summed E-state index contributed by atoms with van der Waals surface area (Å²) in [5.74, 6) is 1.17. The largest absolute Gasteiger partial charge is 0.355 e. The van der Waals surface area contributed by atoms with Crippen LogP contribution in [-0.2, 0) is 14.8 Å². The van der Waals surface area contributed by atoms with Crippen LogP contribution in [0.2, 0.25) is 0 Å². The van der Waals surface area contributed by atoms with E-state index in [1.807, 2.05) is 4.90 Å². The lowest BCUT2D eigenvalue weighted by atomic mass is 9.74. The van der Waals surface area contributed by atoms with Gasteiger partial charge in [-0.2, -0.15) is 4.31 Å². The lowest BCUT2D eigenvalue weighted by Crippen LogP contribution is -2.59. The van der Waals surface area contributed by atoms with Gasteiger partial charge in [-0.3, -0.25) is 4.79 Å². The third-order valence-electron chi connectivity index (χ3n) is 6.14. The Morgan fingerprint density at radius 2 is 2.07 bits per heavy atom. The van der Waals surface area contributed by atoms with Gasteiger partial charge in [0.2, 0.25) is 21.9 Å². The highest BCUT2D eigenvalue weighted by Crippen LogP contribution is 2.44. The minimum absolute atomic E-state index is 0.0196. The Kier molecular flexibility index (Phi) is 4.84. The second kappa shape index (κ2) is 7.01. The van der Waals surface area contributed by atoms with Crippen LogP contribution in [0.4, 0.5) is 5.95 Å². The van der Waals surface area contributed by atoms with E-state index in [9.17, 15) is 13.2 Å². The molecule has 3 fully saturated rings. The number of amides is 1. The van der Waals surface area contributed by atoms with E-state index in [-0.39, 0.29) is 24.2 Å². The Bertz CT molecular complexity index is 798. The quantitative estimate of drug-likeness (QED) is 0.761. The highest BCUT2D eigenvalue weighted by Gasteiger charge is 2.58. The topological polar surface area (TPSA) is 95.5 Å². The average Bonchev–Trinajstić information content (AvgIpc) is 3.43. The summed E-state index contributed by atoms with van der Waals surface area (Å²) in [6.45, 7) is 3.62. The number of fused-ring (bicyclic) bond motifs is 1. The molecule has 0 spiro atoms. The molecule has 2 saturated heterocycles. The zero-order chi connectivity index (χ0) is 19.1. The van der Waals surface area contributed by atoms with E-state index in [1.54, 1.807) is 25.4 Å². The number of sulfonamides is 1. The van der Waals surface area contributed by atoms with Crippen LogP contribution in [-0.4, -0.2) is 66.6 Å². The summed E-state index contributed by atoms with van der Waals surface area (Å²) in [5.41, 5.74) is -0.741. The number of piperidine rings is 1. The van der Waals surface area contributed by atoms with Gasteiger partial charge in [0.15, 0.2) is 0 Å². The lowest BCUT2D eigenvalue weighted by Gasteiger charge is -2.44. The number of hydrogen-bond acceptors (Lipinski definition) is 6.